The summed E-state index contributed by atoms with van der Waals surface area (Å²) in [5, 5.41) is 0. The molecule has 2 aromatic rings. The van der Waals surface area contributed by atoms with Gasteiger partial charge >= 0.3 is 0 Å². The number of hydrogen-bond donors (Lipinski definition) is 1. The van der Waals surface area contributed by atoms with Crippen LogP contribution in [0.25, 0.3) is 0 Å². The van der Waals surface area contributed by atoms with Crippen LogP contribution in [0.3, 0.4) is 0 Å². The molecule has 0 radical (unpaired) electrons. The number of anilines is 1. The normalized spacial score (nSPS) is 9.93. The van der Waals surface area contributed by atoms with Gasteiger partial charge in [0.15, 0.2) is 0 Å². The van der Waals surface area contributed by atoms with Crippen LogP contribution in [0.5, 0.6) is 11.6 Å². The Balaban J connectivity index is 2.22. The highest BCUT2D eigenvalue weighted by atomic mass is 79.9. The third-order valence-electron chi connectivity index (χ3n) is 1.65. The van der Waals surface area contributed by atoms with Crippen molar-refractivity contribution >= 4 is 21.7 Å². The van der Waals surface area contributed by atoms with Gasteiger partial charge in [-0.3, -0.25) is 4.98 Å². The Morgan fingerprint density at radius 2 is 2.13 bits per heavy atom. The monoisotopic (exact) mass is 265 g/mol. The molecule has 2 N–H and O–H groups in total. The quantitative estimate of drug-likeness (QED) is 0.907. The number of nitrogen functional groups attached to an aromatic ring is 1. The number of halogens is 1. The van der Waals surface area contributed by atoms with E-state index >= 15 is 0 Å². The van der Waals surface area contributed by atoms with Gasteiger partial charge in [0.05, 0.1) is 12.4 Å². The second kappa shape index (κ2) is 4.27. The fourth-order valence-corrected chi connectivity index (χ4v) is 1.44. The van der Waals surface area contributed by atoms with E-state index in [0.29, 0.717) is 17.4 Å². The van der Waals surface area contributed by atoms with Crippen LogP contribution in [0.15, 0.2) is 41.1 Å². The molecular formula is C10H8BrN3O. The first kappa shape index (κ1) is 9.92. The van der Waals surface area contributed by atoms with Crippen molar-refractivity contribution in [3.8, 4) is 11.6 Å². The molecular weight excluding hydrogens is 258 g/mol. The Morgan fingerprint density at radius 3 is 2.87 bits per heavy atom. The summed E-state index contributed by atoms with van der Waals surface area (Å²) in [5.74, 6) is 1.40. The average molecular weight is 266 g/mol. The Labute approximate surface area is 95.2 Å². The molecule has 0 aliphatic rings. The van der Waals surface area contributed by atoms with Crippen molar-refractivity contribution in [3.05, 3.63) is 41.1 Å². The summed E-state index contributed by atoms with van der Waals surface area (Å²) >= 11 is 3.35. The van der Waals surface area contributed by atoms with Gasteiger partial charge in [0.2, 0.25) is 5.88 Å². The molecule has 0 spiro atoms. The maximum Gasteiger partial charge on any atom is 0.239 e. The summed E-state index contributed by atoms with van der Waals surface area (Å²) in [7, 11) is 0. The van der Waals surface area contributed by atoms with Gasteiger partial charge in [-0.2, -0.15) is 4.98 Å². The minimum Gasteiger partial charge on any atom is -0.437 e. The van der Waals surface area contributed by atoms with Crippen LogP contribution in [-0.4, -0.2) is 9.97 Å². The molecule has 0 amide bonds. The smallest absolute Gasteiger partial charge is 0.239 e. The Morgan fingerprint density at radius 1 is 1.27 bits per heavy atom. The third kappa shape index (κ3) is 2.66. The first-order chi connectivity index (χ1) is 7.24. The van der Waals surface area contributed by atoms with Gasteiger partial charge in [-0.05, 0) is 18.2 Å². The number of rotatable bonds is 2. The summed E-state index contributed by atoms with van der Waals surface area (Å²) in [5.41, 5.74) is 5.48. The lowest BCUT2D eigenvalue weighted by Crippen LogP contribution is -1.94. The van der Waals surface area contributed by atoms with Gasteiger partial charge in [0, 0.05) is 4.47 Å². The molecule has 76 valence electrons. The van der Waals surface area contributed by atoms with E-state index < -0.39 is 0 Å². The SMILES string of the molecule is Nc1cncc(Oc2cccc(Br)c2)n1. The second-order valence-electron chi connectivity index (χ2n) is 2.84. The van der Waals surface area contributed by atoms with E-state index in [0.717, 1.165) is 4.47 Å². The molecule has 0 aliphatic carbocycles. The van der Waals surface area contributed by atoms with Gasteiger partial charge in [-0.1, -0.05) is 22.0 Å². The van der Waals surface area contributed by atoms with E-state index in [1.807, 2.05) is 24.3 Å². The molecule has 1 heterocycles. The van der Waals surface area contributed by atoms with Crippen molar-refractivity contribution in [1.82, 2.24) is 9.97 Å². The largest absolute Gasteiger partial charge is 0.437 e. The molecule has 15 heavy (non-hydrogen) atoms. The number of hydrogen-bond acceptors (Lipinski definition) is 4. The first-order valence-electron chi connectivity index (χ1n) is 4.25. The van der Waals surface area contributed by atoms with Crippen LogP contribution in [-0.2, 0) is 0 Å². The van der Waals surface area contributed by atoms with Crippen molar-refractivity contribution in [2.24, 2.45) is 0 Å². The number of aromatic nitrogens is 2. The lowest BCUT2D eigenvalue weighted by atomic mass is 10.3. The minimum atomic E-state index is 0.336. The zero-order valence-corrected chi connectivity index (χ0v) is 9.31. The van der Waals surface area contributed by atoms with Crippen molar-refractivity contribution in [3.63, 3.8) is 0 Å². The topological polar surface area (TPSA) is 61.0 Å². The van der Waals surface area contributed by atoms with Crippen LogP contribution in [0, 0.1) is 0 Å². The zero-order chi connectivity index (χ0) is 10.7. The third-order valence-corrected chi connectivity index (χ3v) is 2.14. The molecule has 0 unspecified atom stereocenters. The summed E-state index contributed by atoms with van der Waals surface area (Å²) in [6, 6.07) is 7.46. The van der Waals surface area contributed by atoms with E-state index in [9.17, 15) is 0 Å². The zero-order valence-electron chi connectivity index (χ0n) is 7.72. The van der Waals surface area contributed by atoms with Crippen LogP contribution < -0.4 is 10.5 Å². The van der Waals surface area contributed by atoms with E-state index in [4.69, 9.17) is 10.5 Å². The highest BCUT2D eigenvalue weighted by Gasteiger charge is 1.99. The molecule has 0 fully saturated rings. The summed E-state index contributed by atoms with van der Waals surface area (Å²) in [4.78, 5) is 7.85. The van der Waals surface area contributed by atoms with Crippen molar-refractivity contribution in [1.29, 1.82) is 0 Å². The van der Waals surface area contributed by atoms with Crippen molar-refractivity contribution < 1.29 is 4.74 Å². The van der Waals surface area contributed by atoms with Crippen LogP contribution in [0.4, 0.5) is 5.82 Å². The molecule has 2 rings (SSSR count). The molecule has 4 nitrogen and oxygen atoms in total. The Kier molecular flexibility index (Phi) is 2.82. The lowest BCUT2D eigenvalue weighted by molar-refractivity contribution is 0.461. The summed E-state index contributed by atoms with van der Waals surface area (Å²) in [6.07, 6.45) is 2.98. The van der Waals surface area contributed by atoms with E-state index in [2.05, 4.69) is 25.9 Å². The fourth-order valence-electron chi connectivity index (χ4n) is 1.06. The fraction of sp³-hybridized carbons (Fsp3) is 0. The molecule has 0 bridgehead atoms. The van der Waals surface area contributed by atoms with E-state index in [-0.39, 0.29) is 0 Å². The first-order valence-corrected chi connectivity index (χ1v) is 5.04. The molecule has 0 atom stereocenters. The molecule has 1 aromatic carbocycles. The van der Waals surface area contributed by atoms with Gasteiger partial charge in [0.25, 0.3) is 0 Å². The van der Waals surface area contributed by atoms with E-state index in [1.54, 1.807) is 0 Å². The predicted molar refractivity (Wildman–Crippen MR) is 60.7 cm³/mol. The maximum atomic E-state index is 5.48. The second-order valence-corrected chi connectivity index (χ2v) is 3.76. The minimum absolute atomic E-state index is 0.336. The van der Waals surface area contributed by atoms with Gasteiger partial charge in [-0.15, -0.1) is 0 Å². The van der Waals surface area contributed by atoms with E-state index in [1.165, 1.54) is 12.4 Å². The molecule has 1 aromatic heterocycles. The van der Waals surface area contributed by atoms with Gasteiger partial charge < -0.3 is 10.5 Å². The highest BCUT2D eigenvalue weighted by molar-refractivity contribution is 9.10. The number of nitrogens with two attached hydrogens (primary N) is 1. The standard InChI is InChI=1S/C10H8BrN3O/c11-7-2-1-3-8(4-7)15-10-6-13-5-9(12)14-10/h1-6H,(H2,12,14). The molecule has 5 heteroatoms. The maximum absolute atomic E-state index is 5.48. The van der Waals surface area contributed by atoms with Crippen LogP contribution in [0.1, 0.15) is 0 Å². The lowest BCUT2D eigenvalue weighted by Gasteiger charge is -2.04. The van der Waals surface area contributed by atoms with Crippen molar-refractivity contribution in [2.75, 3.05) is 5.73 Å². The van der Waals surface area contributed by atoms with Crippen molar-refractivity contribution in [2.45, 2.75) is 0 Å². The molecule has 0 aliphatic heterocycles. The summed E-state index contributed by atoms with van der Waals surface area (Å²) < 4.78 is 6.40. The molecule has 0 saturated carbocycles. The predicted octanol–water partition coefficient (Wildman–Crippen LogP) is 2.61. The highest BCUT2D eigenvalue weighted by Crippen LogP contribution is 2.22. The van der Waals surface area contributed by atoms with Gasteiger partial charge in [-0.25, -0.2) is 0 Å². The number of ether oxygens (including phenoxy) is 1. The summed E-state index contributed by atoms with van der Waals surface area (Å²) in [6.45, 7) is 0. The number of nitrogens with zero attached hydrogens (tertiary/aromatic N) is 2. The number of benzene rings is 1. The average Bonchev–Trinajstić information content (AvgIpc) is 2.17. The molecule has 0 saturated heterocycles. The van der Waals surface area contributed by atoms with Gasteiger partial charge in [0.1, 0.15) is 11.6 Å². The van der Waals surface area contributed by atoms with Crippen LogP contribution >= 0.6 is 15.9 Å². The Bertz CT molecular complexity index is 432. The Hall–Kier alpha value is -1.62. The van der Waals surface area contributed by atoms with Crippen LogP contribution in [0.2, 0.25) is 0 Å².